The summed E-state index contributed by atoms with van der Waals surface area (Å²) in [4.78, 5) is 0.223. The number of nitrogens with zero attached hydrogens (tertiary/aromatic N) is 1. The molecule has 0 aliphatic carbocycles. The first-order chi connectivity index (χ1) is 9.83. The third kappa shape index (κ3) is 3.15. The van der Waals surface area contributed by atoms with Crippen LogP contribution in [-0.4, -0.2) is 8.42 Å². The Bertz CT molecular complexity index is 796. The number of sulfonamides is 1. The van der Waals surface area contributed by atoms with Crippen LogP contribution in [0.3, 0.4) is 0 Å². The minimum atomic E-state index is -3.70. The van der Waals surface area contributed by atoms with Crippen LogP contribution in [0.4, 0.5) is 11.4 Å². The highest BCUT2D eigenvalue weighted by molar-refractivity contribution is 7.92. The molecular weight excluding hydrogens is 286 g/mol. The molecule has 2 aromatic carbocycles. The standard InChI is InChI=1S/C15H15N3O2S/c1-10-7-13(17)8-11(2)15(10)21(19,20)18-14-5-3-12(9-16)4-6-14/h3-8,18H,17H2,1-2H3. The van der Waals surface area contributed by atoms with E-state index in [0.717, 1.165) is 0 Å². The molecule has 0 unspecified atom stereocenters. The van der Waals surface area contributed by atoms with Crippen molar-refractivity contribution < 1.29 is 8.42 Å². The molecular formula is C15H15N3O2S. The van der Waals surface area contributed by atoms with Crippen molar-refractivity contribution in [3.8, 4) is 6.07 Å². The summed E-state index contributed by atoms with van der Waals surface area (Å²) in [7, 11) is -3.70. The molecule has 0 aliphatic rings. The fourth-order valence-electron chi connectivity index (χ4n) is 2.23. The monoisotopic (exact) mass is 301 g/mol. The number of anilines is 2. The van der Waals surface area contributed by atoms with E-state index in [0.29, 0.717) is 28.1 Å². The minimum absolute atomic E-state index is 0.223. The molecule has 0 amide bonds. The molecule has 0 bridgehead atoms. The third-order valence-corrected chi connectivity index (χ3v) is 4.70. The van der Waals surface area contributed by atoms with Crippen LogP contribution < -0.4 is 10.5 Å². The predicted octanol–water partition coefficient (Wildman–Crippen LogP) is 2.56. The van der Waals surface area contributed by atoms with Gasteiger partial charge in [-0.3, -0.25) is 4.72 Å². The molecule has 0 spiro atoms. The van der Waals surface area contributed by atoms with E-state index in [1.165, 1.54) is 0 Å². The van der Waals surface area contributed by atoms with E-state index in [2.05, 4.69) is 4.72 Å². The van der Waals surface area contributed by atoms with Crippen molar-refractivity contribution in [2.45, 2.75) is 18.7 Å². The summed E-state index contributed by atoms with van der Waals surface area (Å²) in [5.74, 6) is 0. The average Bonchev–Trinajstić information content (AvgIpc) is 2.37. The number of nitrogens with one attached hydrogen (secondary N) is 1. The molecule has 3 N–H and O–H groups in total. The zero-order valence-corrected chi connectivity index (χ0v) is 12.5. The summed E-state index contributed by atoms with van der Waals surface area (Å²) in [5, 5.41) is 8.74. The van der Waals surface area contributed by atoms with Gasteiger partial charge in [-0.05, 0) is 61.4 Å². The first-order valence-electron chi connectivity index (χ1n) is 6.23. The SMILES string of the molecule is Cc1cc(N)cc(C)c1S(=O)(=O)Nc1ccc(C#N)cc1. The van der Waals surface area contributed by atoms with Gasteiger partial charge in [-0.25, -0.2) is 8.42 Å². The van der Waals surface area contributed by atoms with E-state index in [9.17, 15) is 8.42 Å². The summed E-state index contributed by atoms with van der Waals surface area (Å²) >= 11 is 0. The maximum atomic E-state index is 12.5. The second-order valence-corrected chi connectivity index (χ2v) is 6.40. The van der Waals surface area contributed by atoms with Crippen LogP contribution in [0.2, 0.25) is 0 Å². The molecule has 0 aliphatic heterocycles. The van der Waals surface area contributed by atoms with E-state index in [4.69, 9.17) is 11.0 Å². The Labute approximate surface area is 124 Å². The number of rotatable bonds is 3. The summed E-state index contributed by atoms with van der Waals surface area (Å²) in [6.07, 6.45) is 0. The molecule has 0 fully saturated rings. The Hall–Kier alpha value is -2.52. The van der Waals surface area contributed by atoms with Gasteiger partial charge < -0.3 is 5.73 Å². The molecule has 0 atom stereocenters. The quantitative estimate of drug-likeness (QED) is 0.851. The number of nitrogen functional groups attached to an aromatic ring is 1. The Morgan fingerprint density at radius 2 is 1.62 bits per heavy atom. The van der Waals surface area contributed by atoms with Gasteiger partial charge in [0.2, 0.25) is 0 Å². The molecule has 108 valence electrons. The van der Waals surface area contributed by atoms with Crippen molar-refractivity contribution in [1.82, 2.24) is 0 Å². The maximum absolute atomic E-state index is 12.5. The molecule has 0 aromatic heterocycles. The van der Waals surface area contributed by atoms with Crippen LogP contribution >= 0.6 is 0 Å². The number of aryl methyl sites for hydroxylation is 2. The second-order valence-electron chi connectivity index (χ2n) is 4.78. The lowest BCUT2D eigenvalue weighted by atomic mass is 10.1. The maximum Gasteiger partial charge on any atom is 0.262 e. The molecule has 0 heterocycles. The van der Waals surface area contributed by atoms with Gasteiger partial charge in [0.1, 0.15) is 0 Å². The summed E-state index contributed by atoms with van der Waals surface area (Å²) in [6.45, 7) is 3.41. The van der Waals surface area contributed by atoms with Crippen molar-refractivity contribution in [3.63, 3.8) is 0 Å². The highest BCUT2D eigenvalue weighted by Crippen LogP contribution is 2.25. The highest BCUT2D eigenvalue weighted by Gasteiger charge is 2.20. The summed E-state index contributed by atoms with van der Waals surface area (Å²) < 4.78 is 27.5. The number of nitriles is 1. The van der Waals surface area contributed by atoms with Gasteiger partial charge in [-0.1, -0.05) is 0 Å². The first-order valence-corrected chi connectivity index (χ1v) is 7.71. The third-order valence-electron chi connectivity index (χ3n) is 3.02. The van der Waals surface area contributed by atoms with Crippen molar-refractivity contribution in [3.05, 3.63) is 53.1 Å². The van der Waals surface area contributed by atoms with E-state index in [-0.39, 0.29) is 4.90 Å². The fraction of sp³-hybridized carbons (Fsp3) is 0.133. The predicted molar refractivity (Wildman–Crippen MR) is 82.3 cm³/mol. The lowest BCUT2D eigenvalue weighted by Crippen LogP contribution is -2.16. The number of nitrogens with two attached hydrogens (primary N) is 1. The Morgan fingerprint density at radius 1 is 1.10 bits per heavy atom. The van der Waals surface area contributed by atoms with Crippen LogP contribution in [0.1, 0.15) is 16.7 Å². The Kier molecular flexibility index (Phi) is 3.87. The number of hydrogen-bond donors (Lipinski definition) is 2. The van der Waals surface area contributed by atoms with Gasteiger partial charge >= 0.3 is 0 Å². The topological polar surface area (TPSA) is 96.0 Å². The van der Waals surface area contributed by atoms with Crippen molar-refractivity contribution >= 4 is 21.4 Å². The van der Waals surface area contributed by atoms with Crippen LogP contribution in [0, 0.1) is 25.2 Å². The molecule has 0 saturated heterocycles. The van der Waals surface area contributed by atoms with Crippen LogP contribution in [-0.2, 0) is 10.0 Å². The van der Waals surface area contributed by atoms with Crippen molar-refractivity contribution in [2.75, 3.05) is 10.5 Å². The number of hydrogen-bond acceptors (Lipinski definition) is 4. The summed E-state index contributed by atoms with van der Waals surface area (Å²) in [5.41, 5.74) is 8.30. The first kappa shape index (κ1) is 14.9. The van der Waals surface area contributed by atoms with Gasteiger partial charge in [-0.15, -0.1) is 0 Å². The van der Waals surface area contributed by atoms with E-state index in [1.54, 1.807) is 50.2 Å². The van der Waals surface area contributed by atoms with E-state index < -0.39 is 10.0 Å². The Morgan fingerprint density at radius 3 is 2.10 bits per heavy atom. The summed E-state index contributed by atoms with van der Waals surface area (Å²) in [6, 6.07) is 11.5. The van der Waals surface area contributed by atoms with Gasteiger partial charge in [0, 0.05) is 11.4 Å². The lowest BCUT2D eigenvalue weighted by Gasteiger charge is -2.13. The smallest absolute Gasteiger partial charge is 0.262 e. The average molecular weight is 301 g/mol. The van der Waals surface area contributed by atoms with E-state index in [1.807, 2.05) is 6.07 Å². The second kappa shape index (κ2) is 5.46. The molecule has 0 saturated carbocycles. The zero-order valence-electron chi connectivity index (χ0n) is 11.7. The van der Waals surface area contributed by atoms with Gasteiger partial charge in [0.05, 0.1) is 16.5 Å². The molecule has 2 rings (SSSR count). The van der Waals surface area contributed by atoms with Gasteiger partial charge in [0.15, 0.2) is 0 Å². The molecule has 6 heteroatoms. The fourth-order valence-corrected chi connectivity index (χ4v) is 3.74. The van der Waals surface area contributed by atoms with Crippen LogP contribution in [0.5, 0.6) is 0 Å². The highest BCUT2D eigenvalue weighted by atomic mass is 32.2. The lowest BCUT2D eigenvalue weighted by molar-refractivity contribution is 0.600. The largest absolute Gasteiger partial charge is 0.399 e. The van der Waals surface area contributed by atoms with Gasteiger partial charge in [-0.2, -0.15) is 5.26 Å². The van der Waals surface area contributed by atoms with Crippen LogP contribution in [0.25, 0.3) is 0 Å². The van der Waals surface area contributed by atoms with Crippen molar-refractivity contribution in [1.29, 1.82) is 5.26 Å². The van der Waals surface area contributed by atoms with Gasteiger partial charge in [0.25, 0.3) is 10.0 Å². The zero-order chi connectivity index (χ0) is 15.6. The Balaban J connectivity index is 2.41. The molecule has 0 radical (unpaired) electrons. The van der Waals surface area contributed by atoms with Crippen molar-refractivity contribution in [2.24, 2.45) is 0 Å². The minimum Gasteiger partial charge on any atom is -0.399 e. The molecule has 5 nitrogen and oxygen atoms in total. The van der Waals surface area contributed by atoms with E-state index >= 15 is 0 Å². The molecule has 21 heavy (non-hydrogen) atoms. The molecule has 2 aromatic rings. The normalized spacial score (nSPS) is 10.9. The number of benzene rings is 2. The van der Waals surface area contributed by atoms with Crippen LogP contribution in [0.15, 0.2) is 41.3 Å².